The van der Waals surface area contributed by atoms with Crippen molar-refractivity contribution in [1.29, 1.82) is 0 Å². The van der Waals surface area contributed by atoms with Crippen LogP contribution in [0.15, 0.2) is 48.5 Å². The molecule has 2 fully saturated rings. The number of hydrogen-bond donors (Lipinski definition) is 1. The molecule has 1 saturated carbocycles. The zero-order valence-corrected chi connectivity index (χ0v) is 16.9. The molecule has 0 aromatic heterocycles. The van der Waals surface area contributed by atoms with Crippen LogP contribution in [0.5, 0.6) is 0 Å². The number of hydrogen-bond acceptors (Lipinski definition) is 2. The van der Waals surface area contributed by atoms with E-state index in [1.807, 2.05) is 36.4 Å². The van der Waals surface area contributed by atoms with Crippen LogP contribution < -0.4 is 5.32 Å². The van der Waals surface area contributed by atoms with Crippen molar-refractivity contribution in [2.24, 2.45) is 11.8 Å². The lowest BCUT2D eigenvalue weighted by Gasteiger charge is -2.55. The zero-order chi connectivity index (χ0) is 19.3. The summed E-state index contributed by atoms with van der Waals surface area (Å²) in [5, 5.41) is 3.03. The van der Waals surface area contributed by atoms with Crippen molar-refractivity contribution < 1.29 is 4.79 Å². The Labute approximate surface area is 168 Å². The highest BCUT2D eigenvalue weighted by Crippen LogP contribution is 2.49. The van der Waals surface area contributed by atoms with Gasteiger partial charge in [0, 0.05) is 23.8 Å². The normalized spacial score (nSPS) is 29.2. The molecule has 1 aliphatic heterocycles. The highest BCUT2D eigenvalue weighted by atomic mass is 16.1. The lowest BCUT2D eigenvalue weighted by molar-refractivity contribution is 0.0284. The number of carbonyl (C=O) groups is 1. The van der Waals surface area contributed by atoms with Gasteiger partial charge < -0.3 is 5.32 Å². The molecule has 1 saturated heterocycles. The number of likely N-dealkylation sites (tertiary alicyclic amines) is 1. The predicted octanol–water partition coefficient (Wildman–Crippen LogP) is 4.87. The maximum absolute atomic E-state index is 12.8. The first-order valence-corrected chi connectivity index (χ1v) is 10.8. The minimum Gasteiger partial charge on any atom is -0.322 e. The van der Waals surface area contributed by atoms with Gasteiger partial charge in [-0.2, -0.15) is 0 Å². The van der Waals surface area contributed by atoms with Gasteiger partial charge in [-0.1, -0.05) is 38.1 Å². The summed E-state index contributed by atoms with van der Waals surface area (Å²) in [4.78, 5) is 15.6. The molecule has 0 radical (unpaired) electrons. The quantitative estimate of drug-likeness (QED) is 0.828. The number of amides is 1. The summed E-state index contributed by atoms with van der Waals surface area (Å²) in [7, 11) is 0. The third kappa shape index (κ3) is 3.06. The van der Waals surface area contributed by atoms with Crippen molar-refractivity contribution in [2.45, 2.75) is 51.0 Å². The molecule has 2 bridgehead atoms. The van der Waals surface area contributed by atoms with E-state index in [1.54, 1.807) is 0 Å². The number of para-hydroxylation sites is 1. The van der Waals surface area contributed by atoms with E-state index < -0.39 is 0 Å². The van der Waals surface area contributed by atoms with Crippen LogP contribution in [-0.4, -0.2) is 29.9 Å². The summed E-state index contributed by atoms with van der Waals surface area (Å²) < 4.78 is 0. The molecule has 1 heterocycles. The lowest BCUT2D eigenvalue weighted by Crippen LogP contribution is -2.58. The largest absolute Gasteiger partial charge is 0.322 e. The van der Waals surface area contributed by atoms with Gasteiger partial charge in [0.25, 0.3) is 5.91 Å². The molecular weight excluding hydrogens is 344 g/mol. The SMILES string of the molecule is C[C@H]1[C@H]2Cc3ccc(C(=O)Nc4ccccc4)cc3[C@]1(C)CCN2CC1CC1. The van der Waals surface area contributed by atoms with E-state index in [9.17, 15) is 4.79 Å². The number of fused-ring (bicyclic) bond motifs is 4. The summed E-state index contributed by atoms with van der Waals surface area (Å²) >= 11 is 0. The highest BCUT2D eigenvalue weighted by Gasteiger charge is 2.49. The Balaban J connectivity index is 1.42. The van der Waals surface area contributed by atoms with Crippen LogP contribution in [-0.2, 0) is 11.8 Å². The smallest absolute Gasteiger partial charge is 0.255 e. The van der Waals surface area contributed by atoms with Crippen LogP contribution in [0.2, 0.25) is 0 Å². The van der Waals surface area contributed by atoms with E-state index in [0.29, 0.717) is 12.0 Å². The summed E-state index contributed by atoms with van der Waals surface area (Å²) in [6.07, 6.45) is 5.16. The van der Waals surface area contributed by atoms with Gasteiger partial charge in [-0.3, -0.25) is 9.69 Å². The van der Waals surface area contributed by atoms with Gasteiger partial charge in [-0.05, 0) is 84.9 Å². The Morgan fingerprint density at radius 3 is 2.71 bits per heavy atom. The molecule has 3 heteroatoms. The van der Waals surface area contributed by atoms with Crippen LogP contribution in [0, 0.1) is 11.8 Å². The molecule has 3 nitrogen and oxygen atoms in total. The maximum atomic E-state index is 12.8. The molecule has 1 amide bonds. The van der Waals surface area contributed by atoms with Crippen molar-refractivity contribution in [3.05, 3.63) is 65.2 Å². The van der Waals surface area contributed by atoms with Gasteiger partial charge in [0.2, 0.25) is 0 Å². The topological polar surface area (TPSA) is 32.3 Å². The Hall–Kier alpha value is -2.13. The van der Waals surface area contributed by atoms with Crippen LogP contribution in [0.1, 0.15) is 54.6 Å². The van der Waals surface area contributed by atoms with Crippen LogP contribution in [0.3, 0.4) is 0 Å². The van der Waals surface area contributed by atoms with Crippen molar-refractivity contribution in [1.82, 2.24) is 4.90 Å². The molecule has 146 valence electrons. The van der Waals surface area contributed by atoms with Crippen molar-refractivity contribution >= 4 is 11.6 Å². The standard InChI is InChI=1S/C25H30N2O/c1-17-23-15-19-10-11-20(24(28)26-21-6-4-3-5-7-21)14-22(19)25(17,2)12-13-27(23)16-18-8-9-18/h3-7,10-11,14,17-18,23H,8-9,12-13,15-16H2,1-2H3,(H,26,28)/t17-,23+,25+/m0/s1. The third-order valence-electron chi connectivity index (χ3n) is 7.61. The lowest BCUT2D eigenvalue weighted by atomic mass is 9.59. The number of nitrogens with one attached hydrogen (secondary N) is 1. The summed E-state index contributed by atoms with van der Waals surface area (Å²) in [6.45, 7) is 7.35. The number of nitrogens with zero attached hydrogens (tertiary/aromatic N) is 1. The fraction of sp³-hybridized carbons (Fsp3) is 0.480. The van der Waals surface area contributed by atoms with E-state index in [4.69, 9.17) is 0 Å². The summed E-state index contributed by atoms with van der Waals surface area (Å²) in [6, 6.07) is 16.8. The molecule has 3 aliphatic rings. The number of piperidine rings is 1. The van der Waals surface area contributed by atoms with E-state index in [2.05, 4.69) is 36.2 Å². The second kappa shape index (κ2) is 6.73. The van der Waals surface area contributed by atoms with Crippen molar-refractivity contribution in [2.75, 3.05) is 18.4 Å². The third-order valence-corrected chi connectivity index (χ3v) is 7.61. The first kappa shape index (κ1) is 17.9. The van der Waals surface area contributed by atoms with Crippen molar-refractivity contribution in [3.63, 3.8) is 0 Å². The first-order chi connectivity index (χ1) is 13.5. The van der Waals surface area contributed by atoms with Crippen LogP contribution >= 0.6 is 0 Å². The minimum atomic E-state index is -0.0152. The molecule has 2 aliphatic carbocycles. The molecular formula is C25H30N2O. The second-order valence-electron chi connectivity index (χ2n) is 9.36. The van der Waals surface area contributed by atoms with Gasteiger partial charge in [-0.25, -0.2) is 0 Å². The number of carbonyl (C=O) groups excluding carboxylic acids is 1. The van der Waals surface area contributed by atoms with Gasteiger partial charge in [0.15, 0.2) is 0 Å². The average Bonchev–Trinajstić information content (AvgIpc) is 3.52. The zero-order valence-electron chi connectivity index (χ0n) is 16.9. The Morgan fingerprint density at radius 1 is 1.18 bits per heavy atom. The van der Waals surface area contributed by atoms with E-state index in [-0.39, 0.29) is 11.3 Å². The molecule has 1 N–H and O–H groups in total. The highest BCUT2D eigenvalue weighted by molar-refractivity contribution is 6.04. The molecule has 2 aromatic carbocycles. The van der Waals surface area contributed by atoms with Gasteiger partial charge in [-0.15, -0.1) is 0 Å². The molecule has 0 unspecified atom stereocenters. The summed E-state index contributed by atoms with van der Waals surface area (Å²) in [5.74, 6) is 1.56. The molecule has 2 aromatic rings. The number of benzene rings is 2. The van der Waals surface area contributed by atoms with Crippen LogP contribution in [0.25, 0.3) is 0 Å². The number of rotatable bonds is 4. The second-order valence-corrected chi connectivity index (χ2v) is 9.36. The van der Waals surface area contributed by atoms with Gasteiger partial charge >= 0.3 is 0 Å². The van der Waals surface area contributed by atoms with E-state index in [1.165, 1.54) is 43.5 Å². The fourth-order valence-corrected chi connectivity index (χ4v) is 5.43. The maximum Gasteiger partial charge on any atom is 0.255 e. The molecule has 28 heavy (non-hydrogen) atoms. The van der Waals surface area contributed by atoms with E-state index >= 15 is 0 Å². The molecule has 3 atom stereocenters. The van der Waals surface area contributed by atoms with Crippen LogP contribution in [0.4, 0.5) is 5.69 Å². The van der Waals surface area contributed by atoms with Gasteiger partial charge in [0.1, 0.15) is 0 Å². The minimum absolute atomic E-state index is 0.0152. The van der Waals surface area contributed by atoms with Crippen molar-refractivity contribution in [3.8, 4) is 0 Å². The van der Waals surface area contributed by atoms with Gasteiger partial charge in [0.05, 0.1) is 0 Å². The Morgan fingerprint density at radius 2 is 1.96 bits per heavy atom. The predicted molar refractivity (Wildman–Crippen MR) is 114 cm³/mol. The fourth-order valence-electron chi connectivity index (χ4n) is 5.43. The molecule has 5 rings (SSSR count). The average molecular weight is 375 g/mol. The first-order valence-electron chi connectivity index (χ1n) is 10.8. The summed E-state index contributed by atoms with van der Waals surface area (Å²) in [5.41, 5.74) is 4.64. The Bertz CT molecular complexity index is 889. The van der Waals surface area contributed by atoms with E-state index in [0.717, 1.165) is 23.6 Å². The number of anilines is 1. The molecule has 0 spiro atoms. The Kier molecular flexibility index (Phi) is 4.31. The monoisotopic (exact) mass is 374 g/mol.